The zero-order chi connectivity index (χ0) is 16.7. The quantitative estimate of drug-likeness (QED) is 0.831. The van der Waals surface area contributed by atoms with Crippen molar-refractivity contribution in [3.05, 3.63) is 58.6 Å². The lowest BCUT2D eigenvalue weighted by atomic mass is 10.1. The van der Waals surface area contributed by atoms with E-state index in [0.29, 0.717) is 29.5 Å². The Kier molecular flexibility index (Phi) is 6.29. The van der Waals surface area contributed by atoms with Crippen molar-refractivity contribution < 1.29 is 14.3 Å². The van der Waals surface area contributed by atoms with Gasteiger partial charge in [0.2, 0.25) is 0 Å². The molecule has 0 heterocycles. The van der Waals surface area contributed by atoms with E-state index in [1.807, 2.05) is 24.3 Å². The van der Waals surface area contributed by atoms with Crippen LogP contribution < -0.4 is 14.8 Å². The van der Waals surface area contributed by atoms with Gasteiger partial charge in [-0.25, -0.2) is 0 Å². The lowest BCUT2D eigenvalue weighted by Crippen LogP contribution is -2.23. The van der Waals surface area contributed by atoms with Crippen LogP contribution >= 0.6 is 11.6 Å². The first-order chi connectivity index (χ1) is 11.1. The fraction of sp³-hybridized carbons (Fsp3) is 0.278. The van der Waals surface area contributed by atoms with E-state index in [1.165, 1.54) is 7.11 Å². The molecule has 0 atom stereocenters. The van der Waals surface area contributed by atoms with Gasteiger partial charge < -0.3 is 14.8 Å². The minimum Gasteiger partial charge on any atom is -0.496 e. The number of carbonyl (C=O) groups is 1. The summed E-state index contributed by atoms with van der Waals surface area (Å²) in [5.74, 6) is 1.09. The molecule has 0 aromatic heterocycles. The van der Waals surface area contributed by atoms with Crippen molar-refractivity contribution in [2.75, 3.05) is 13.7 Å². The van der Waals surface area contributed by atoms with Crippen LogP contribution in [0.15, 0.2) is 42.5 Å². The van der Waals surface area contributed by atoms with Crippen LogP contribution in [0.4, 0.5) is 0 Å². The molecule has 0 saturated heterocycles. The SMILES string of the molecule is CCCOc1ccc(CNC(=O)c2ccc(Cl)cc2OC)cc1. The van der Waals surface area contributed by atoms with E-state index in [1.54, 1.807) is 18.2 Å². The van der Waals surface area contributed by atoms with Crippen LogP contribution in [0.25, 0.3) is 0 Å². The topological polar surface area (TPSA) is 47.6 Å². The Morgan fingerprint density at radius 3 is 2.57 bits per heavy atom. The van der Waals surface area contributed by atoms with Crippen molar-refractivity contribution in [1.82, 2.24) is 5.32 Å². The van der Waals surface area contributed by atoms with Gasteiger partial charge in [0.25, 0.3) is 5.91 Å². The Hall–Kier alpha value is -2.20. The molecule has 0 fully saturated rings. The monoisotopic (exact) mass is 333 g/mol. The number of rotatable bonds is 7. The minimum absolute atomic E-state index is 0.204. The van der Waals surface area contributed by atoms with Crippen molar-refractivity contribution in [3.63, 3.8) is 0 Å². The van der Waals surface area contributed by atoms with Crippen molar-refractivity contribution in [2.24, 2.45) is 0 Å². The summed E-state index contributed by atoms with van der Waals surface area (Å²) in [6.07, 6.45) is 0.973. The summed E-state index contributed by atoms with van der Waals surface area (Å²) in [6.45, 7) is 3.19. The van der Waals surface area contributed by atoms with Crippen LogP contribution in [0.3, 0.4) is 0 Å². The van der Waals surface area contributed by atoms with Gasteiger partial charge in [0, 0.05) is 11.6 Å². The fourth-order valence-corrected chi connectivity index (χ4v) is 2.22. The zero-order valence-electron chi connectivity index (χ0n) is 13.3. The van der Waals surface area contributed by atoms with Gasteiger partial charge in [0.1, 0.15) is 11.5 Å². The first-order valence-corrected chi connectivity index (χ1v) is 7.85. The molecular formula is C18H20ClNO3. The molecule has 1 amide bonds. The maximum absolute atomic E-state index is 12.3. The molecule has 2 rings (SSSR count). The van der Waals surface area contributed by atoms with Gasteiger partial charge >= 0.3 is 0 Å². The molecule has 122 valence electrons. The number of halogens is 1. The molecule has 0 aliphatic heterocycles. The number of amides is 1. The molecule has 0 bridgehead atoms. The average Bonchev–Trinajstić information content (AvgIpc) is 2.58. The molecule has 2 aromatic carbocycles. The number of carbonyl (C=O) groups excluding carboxylic acids is 1. The first-order valence-electron chi connectivity index (χ1n) is 7.47. The van der Waals surface area contributed by atoms with Gasteiger partial charge in [-0.05, 0) is 42.3 Å². The molecular weight excluding hydrogens is 314 g/mol. The zero-order valence-corrected chi connectivity index (χ0v) is 14.0. The number of hydrogen-bond donors (Lipinski definition) is 1. The summed E-state index contributed by atoms with van der Waals surface area (Å²) >= 11 is 5.90. The van der Waals surface area contributed by atoms with Gasteiger partial charge in [-0.2, -0.15) is 0 Å². The molecule has 0 saturated carbocycles. The van der Waals surface area contributed by atoms with Crippen molar-refractivity contribution >= 4 is 17.5 Å². The van der Waals surface area contributed by atoms with Crippen LogP contribution in [0.5, 0.6) is 11.5 Å². The van der Waals surface area contributed by atoms with Crippen molar-refractivity contribution in [2.45, 2.75) is 19.9 Å². The second kappa shape index (κ2) is 8.44. The van der Waals surface area contributed by atoms with Gasteiger partial charge in [-0.3, -0.25) is 4.79 Å². The second-order valence-corrected chi connectivity index (χ2v) is 5.46. The first kappa shape index (κ1) is 17.2. The molecule has 0 unspecified atom stereocenters. The predicted octanol–water partition coefficient (Wildman–Crippen LogP) is 4.07. The number of hydrogen-bond acceptors (Lipinski definition) is 3. The molecule has 0 radical (unpaired) electrons. The van der Waals surface area contributed by atoms with Crippen LogP contribution in [0.1, 0.15) is 29.3 Å². The van der Waals surface area contributed by atoms with E-state index in [2.05, 4.69) is 12.2 Å². The summed E-state index contributed by atoms with van der Waals surface area (Å²) in [5.41, 5.74) is 1.45. The summed E-state index contributed by atoms with van der Waals surface area (Å²) in [5, 5.41) is 3.40. The predicted molar refractivity (Wildman–Crippen MR) is 91.4 cm³/mol. The molecule has 2 aromatic rings. The van der Waals surface area contributed by atoms with Gasteiger partial charge in [0.05, 0.1) is 19.3 Å². The van der Waals surface area contributed by atoms with Crippen molar-refractivity contribution in [3.8, 4) is 11.5 Å². The molecule has 23 heavy (non-hydrogen) atoms. The van der Waals surface area contributed by atoms with E-state index in [9.17, 15) is 4.79 Å². The second-order valence-electron chi connectivity index (χ2n) is 5.02. The summed E-state index contributed by atoms with van der Waals surface area (Å²) in [6, 6.07) is 12.6. The number of ether oxygens (including phenoxy) is 2. The molecule has 0 aliphatic carbocycles. The lowest BCUT2D eigenvalue weighted by molar-refractivity contribution is 0.0948. The summed E-state index contributed by atoms with van der Waals surface area (Å²) in [4.78, 5) is 12.3. The third-order valence-electron chi connectivity index (χ3n) is 3.26. The maximum atomic E-state index is 12.3. The fourth-order valence-electron chi connectivity index (χ4n) is 2.05. The van der Waals surface area contributed by atoms with Gasteiger partial charge in [-0.1, -0.05) is 30.7 Å². The largest absolute Gasteiger partial charge is 0.496 e. The van der Waals surface area contributed by atoms with E-state index in [4.69, 9.17) is 21.1 Å². The molecule has 5 heteroatoms. The summed E-state index contributed by atoms with van der Waals surface area (Å²) < 4.78 is 10.7. The van der Waals surface area contributed by atoms with Crippen LogP contribution in [-0.2, 0) is 6.54 Å². The average molecular weight is 334 g/mol. The molecule has 4 nitrogen and oxygen atoms in total. The Labute approximate surface area is 141 Å². The Morgan fingerprint density at radius 1 is 1.17 bits per heavy atom. The Bertz CT molecular complexity index is 656. The highest BCUT2D eigenvalue weighted by Crippen LogP contribution is 2.23. The van der Waals surface area contributed by atoms with Crippen LogP contribution in [0.2, 0.25) is 5.02 Å². The molecule has 1 N–H and O–H groups in total. The Balaban J connectivity index is 1.96. The Morgan fingerprint density at radius 2 is 1.91 bits per heavy atom. The lowest BCUT2D eigenvalue weighted by Gasteiger charge is -2.10. The number of nitrogens with one attached hydrogen (secondary N) is 1. The van der Waals surface area contributed by atoms with Gasteiger partial charge in [0.15, 0.2) is 0 Å². The van der Waals surface area contributed by atoms with Gasteiger partial charge in [-0.15, -0.1) is 0 Å². The highest BCUT2D eigenvalue weighted by Gasteiger charge is 2.12. The van der Waals surface area contributed by atoms with Crippen LogP contribution in [-0.4, -0.2) is 19.6 Å². The van der Waals surface area contributed by atoms with E-state index in [-0.39, 0.29) is 5.91 Å². The minimum atomic E-state index is -0.204. The smallest absolute Gasteiger partial charge is 0.255 e. The van der Waals surface area contributed by atoms with E-state index >= 15 is 0 Å². The maximum Gasteiger partial charge on any atom is 0.255 e. The van der Waals surface area contributed by atoms with Crippen molar-refractivity contribution in [1.29, 1.82) is 0 Å². The molecule has 0 aliphatic rings. The third-order valence-corrected chi connectivity index (χ3v) is 3.49. The van der Waals surface area contributed by atoms with Crippen LogP contribution in [0, 0.1) is 0 Å². The molecule has 0 spiro atoms. The summed E-state index contributed by atoms with van der Waals surface area (Å²) in [7, 11) is 1.51. The number of methoxy groups -OCH3 is 1. The normalized spacial score (nSPS) is 10.2. The highest BCUT2D eigenvalue weighted by molar-refractivity contribution is 6.30. The third kappa shape index (κ3) is 4.89. The number of benzene rings is 2. The highest BCUT2D eigenvalue weighted by atomic mass is 35.5. The standard InChI is InChI=1S/C18H20ClNO3/c1-3-10-23-15-7-4-13(5-8-15)12-20-18(21)16-9-6-14(19)11-17(16)22-2/h4-9,11H,3,10,12H2,1-2H3,(H,20,21). The van der Waals surface area contributed by atoms with E-state index in [0.717, 1.165) is 17.7 Å². The van der Waals surface area contributed by atoms with E-state index < -0.39 is 0 Å².